The van der Waals surface area contributed by atoms with E-state index in [1.54, 1.807) is 6.92 Å². The zero-order valence-corrected chi connectivity index (χ0v) is 12.6. The maximum absolute atomic E-state index is 12.2. The number of amides is 1. The molecule has 0 aliphatic carbocycles. The Bertz CT molecular complexity index is 715. The summed E-state index contributed by atoms with van der Waals surface area (Å²) < 4.78 is 5.71. The van der Waals surface area contributed by atoms with E-state index >= 15 is 0 Å². The number of hydrogen-bond acceptors (Lipinski definition) is 3. The molecule has 1 aromatic carbocycles. The minimum atomic E-state index is -0.941. The first-order chi connectivity index (χ1) is 9.82. The molecule has 5 heteroatoms. The van der Waals surface area contributed by atoms with Crippen LogP contribution >= 0.6 is 0 Å². The highest BCUT2D eigenvalue weighted by atomic mass is 16.4. The van der Waals surface area contributed by atoms with Gasteiger partial charge in [0.15, 0.2) is 5.76 Å². The summed E-state index contributed by atoms with van der Waals surface area (Å²) in [5.74, 6) is -1.71. The molecule has 21 heavy (non-hydrogen) atoms. The van der Waals surface area contributed by atoms with Crippen molar-refractivity contribution in [3.05, 3.63) is 34.6 Å². The number of carbonyl (C=O) groups excluding carboxylic acids is 1. The molecular weight excluding hydrogens is 270 g/mol. The monoisotopic (exact) mass is 289 g/mol. The number of carboxylic acids is 1. The van der Waals surface area contributed by atoms with Gasteiger partial charge in [0.05, 0.1) is 5.92 Å². The average Bonchev–Trinajstić information content (AvgIpc) is 2.79. The zero-order valence-electron chi connectivity index (χ0n) is 12.6. The summed E-state index contributed by atoms with van der Waals surface area (Å²) in [5.41, 5.74) is 3.52. The van der Waals surface area contributed by atoms with Crippen LogP contribution in [0.2, 0.25) is 0 Å². The molecule has 2 N–H and O–H groups in total. The van der Waals surface area contributed by atoms with Gasteiger partial charge in [0.2, 0.25) is 0 Å². The van der Waals surface area contributed by atoms with Crippen LogP contribution in [0.5, 0.6) is 0 Å². The van der Waals surface area contributed by atoms with Gasteiger partial charge < -0.3 is 14.8 Å². The van der Waals surface area contributed by atoms with E-state index in [4.69, 9.17) is 9.52 Å². The van der Waals surface area contributed by atoms with Crippen molar-refractivity contribution in [2.45, 2.75) is 27.7 Å². The Morgan fingerprint density at radius 2 is 1.86 bits per heavy atom. The van der Waals surface area contributed by atoms with Crippen molar-refractivity contribution in [3.63, 3.8) is 0 Å². The molecule has 0 saturated heterocycles. The van der Waals surface area contributed by atoms with Crippen LogP contribution in [0.1, 0.15) is 34.2 Å². The smallest absolute Gasteiger partial charge is 0.308 e. The summed E-state index contributed by atoms with van der Waals surface area (Å²) in [6.45, 7) is 7.36. The molecular formula is C16H19NO4. The van der Waals surface area contributed by atoms with Crippen LogP contribution in [0, 0.1) is 26.7 Å². The number of rotatable bonds is 4. The first-order valence-corrected chi connectivity index (χ1v) is 6.83. The minimum absolute atomic E-state index is 0.0720. The van der Waals surface area contributed by atoms with E-state index in [0.717, 1.165) is 22.1 Å². The molecule has 2 rings (SSSR count). The van der Waals surface area contributed by atoms with Crippen LogP contribution < -0.4 is 5.32 Å². The van der Waals surface area contributed by atoms with E-state index in [9.17, 15) is 9.59 Å². The summed E-state index contributed by atoms with van der Waals surface area (Å²) in [5, 5.41) is 12.4. The summed E-state index contributed by atoms with van der Waals surface area (Å²) in [4.78, 5) is 23.0. The van der Waals surface area contributed by atoms with Crippen molar-refractivity contribution < 1.29 is 19.1 Å². The first-order valence-electron chi connectivity index (χ1n) is 6.83. The summed E-state index contributed by atoms with van der Waals surface area (Å²) in [6.07, 6.45) is 0. The van der Waals surface area contributed by atoms with Crippen molar-refractivity contribution in [2.75, 3.05) is 6.54 Å². The van der Waals surface area contributed by atoms with E-state index < -0.39 is 11.9 Å². The molecule has 0 spiro atoms. The van der Waals surface area contributed by atoms with Gasteiger partial charge >= 0.3 is 5.97 Å². The Morgan fingerprint density at radius 1 is 1.24 bits per heavy atom. The second-order valence-electron chi connectivity index (χ2n) is 5.41. The van der Waals surface area contributed by atoms with E-state index in [1.807, 2.05) is 32.9 Å². The largest absolute Gasteiger partial charge is 0.481 e. The van der Waals surface area contributed by atoms with E-state index in [-0.39, 0.29) is 18.2 Å². The molecule has 1 amide bonds. The van der Waals surface area contributed by atoms with Crippen LogP contribution in [-0.4, -0.2) is 23.5 Å². The molecule has 0 aliphatic heterocycles. The predicted octanol–water partition coefficient (Wildman–Crippen LogP) is 2.81. The molecule has 5 nitrogen and oxygen atoms in total. The fourth-order valence-corrected chi connectivity index (χ4v) is 2.31. The third kappa shape index (κ3) is 2.77. The standard InChI is InChI=1S/C16H19NO4/c1-8-5-6-9(2)13-12(8)11(4)14(21-13)15(18)17-7-10(3)16(19)20/h5-6,10H,7H2,1-4H3,(H,17,18)(H,19,20). The lowest BCUT2D eigenvalue weighted by Crippen LogP contribution is -2.31. The van der Waals surface area contributed by atoms with E-state index in [1.165, 1.54) is 0 Å². The molecule has 1 atom stereocenters. The lowest BCUT2D eigenvalue weighted by atomic mass is 10.0. The number of furan rings is 1. The average molecular weight is 289 g/mol. The van der Waals surface area contributed by atoms with Gasteiger partial charge in [-0.05, 0) is 31.9 Å². The van der Waals surface area contributed by atoms with Gasteiger partial charge in [0.25, 0.3) is 5.91 Å². The van der Waals surface area contributed by atoms with Crippen molar-refractivity contribution >= 4 is 22.8 Å². The number of aryl methyl sites for hydroxylation is 3. The number of aliphatic carboxylic acids is 1. The Balaban J connectivity index is 2.32. The third-order valence-corrected chi connectivity index (χ3v) is 3.68. The third-order valence-electron chi connectivity index (χ3n) is 3.68. The van der Waals surface area contributed by atoms with Gasteiger partial charge in [-0.25, -0.2) is 0 Å². The lowest BCUT2D eigenvalue weighted by Gasteiger charge is -2.07. The number of carbonyl (C=O) groups is 2. The zero-order chi connectivity index (χ0) is 15.7. The number of nitrogens with one attached hydrogen (secondary N) is 1. The maximum atomic E-state index is 12.2. The quantitative estimate of drug-likeness (QED) is 0.907. The van der Waals surface area contributed by atoms with Crippen LogP contribution in [0.4, 0.5) is 0 Å². The van der Waals surface area contributed by atoms with Gasteiger partial charge in [0, 0.05) is 17.5 Å². The van der Waals surface area contributed by atoms with E-state index in [0.29, 0.717) is 5.58 Å². The molecule has 0 aliphatic rings. The molecule has 112 valence electrons. The topological polar surface area (TPSA) is 79.5 Å². The second kappa shape index (κ2) is 5.60. The summed E-state index contributed by atoms with van der Waals surface area (Å²) in [7, 11) is 0. The maximum Gasteiger partial charge on any atom is 0.308 e. The number of hydrogen-bond donors (Lipinski definition) is 2. The molecule has 1 heterocycles. The number of fused-ring (bicyclic) bond motifs is 1. The van der Waals surface area contributed by atoms with Crippen molar-refractivity contribution in [1.82, 2.24) is 5.32 Å². The Kier molecular flexibility index (Phi) is 4.02. The molecule has 1 unspecified atom stereocenters. The second-order valence-corrected chi connectivity index (χ2v) is 5.41. The van der Waals surface area contributed by atoms with Gasteiger partial charge in [-0.2, -0.15) is 0 Å². The van der Waals surface area contributed by atoms with Crippen LogP contribution in [0.15, 0.2) is 16.5 Å². The van der Waals surface area contributed by atoms with Gasteiger partial charge in [-0.1, -0.05) is 19.1 Å². The van der Waals surface area contributed by atoms with E-state index in [2.05, 4.69) is 5.32 Å². The van der Waals surface area contributed by atoms with Gasteiger partial charge in [-0.15, -0.1) is 0 Å². The molecule has 0 bridgehead atoms. The van der Waals surface area contributed by atoms with Gasteiger partial charge in [-0.3, -0.25) is 9.59 Å². The van der Waals surface area contributed by atoms with Crippen LogP contribution in [0.25, 0.3) is 11.0 Å². The van der Waals surface area contributed by atoms with Crippen molar-refractivity contribution in [1.29, 1.82) is 0 Å². The highest BCUT2D eigenvalue weighted by Crippen LogP contribution is 2.30. The Labute approximate surface area is 122 Å². The fourth-order valence-electron chi connectivity index (χ4n) is 2.31. The molecule has 0 fully saturated rings. The molecule has 2 aromatic rings. The van der Waals surface area contributed by atoms with Gasteiger partial charge in [0.1, 0.15) is 5.58 Å². The summed E-state index contributed by atoms with van der Waals surface area (Å²) >= 11 is 0. The molecule has 0 radical (unpaired) electrons. The van der Waals surface area contributed by atoms with Crippen LogP contribution in [-0.2, 0) is 4.79 Å². The van der Waals surface area contributed by atoms with Crippen molar-refractivity contribution in [2.24, 2.45) is 5.92 Å². The van der Waals surface area contributed by atoms with Crippen molar-refractivity contribution in [3.8, 4) is 0 Å². The summed E-state index contributed by atoms with van der Waals surface area (Å²) in [6, 6.07) is 3.95. The minimum Gasteiger partial charge on any atom is -0.481 e. The highest BCUT2D eigenvalue weighted by molar-refractivity contribution is 6.00. The highest BCUT2D eigenvalue weighted by Gasteiger charge is 2.21. The molecule has 1 aromatic heterocycles. The SMILES string of the molecule is Cc1ccc(C)c2c(C)c(C(=O)NCC(C)C(=O)O)oc12. The first kappa shape index (κ1) is 15.1. The predicted molar refractivity (Wildman–Crippen MR) is 79.6 cm³/mol. The normalized spacial score (nSPS) is 12.4. The Hall–Kier alpha value is -2.30. The Morgan fingerprint density at radius 3 is 2.43 bits per heavy atom. The van der Waals surface area contributed by atoms with Crippen LogP contribution in [0.3, 0.4) is 0 Å². The lowest BCUT2D eigenvalue weighted by molar-refractivity contribution is -0.140. The number of benzene rings is 1. The molecule has 0 saturated carbocycles. The fraction of sp³-hybridized carbons (Fsp3) is 0.375. The number of carboxylic acid groups (broad SMARTS) is 1.